The molecule has 0 bridgehead atoms. The van der Waals surface area contributed by atoms with E-state index in [-0.39, 0.29) is 19.5 Å². The van der Waals surface area contributed by atoms with Crippen LogP contribution >= 0.6 is 0 Å². The van der Waals surface area contributed by atoms with Gasteiger partial charge in [0.1, 0.15) is 0 Å². The molecule has 1 saturated carbocycles. The van der Waals surface area contributed by atoms with Crippen LogP contribution in [-0.2, 0) is 36.7 Å². The summed E-state index contributed by atoms with van der Waals surface area (Å²) < 4.78 is 24.1. The van der Waals surface area contributed by atoms with Gasteiger partial charge in [0.15, 0.2) is 0 Å². The molecule has 0 atom stereocenters. The molecule has 5 radical (unpaired) electrons. The molecule has 0 aliphatic heterocycles. The summed E-state index contributed by atoms with van der Waals surface area (Å²) in [5, 5.41) is 0. The topological polar surface area (TPSA) is 66.1 Å². The van der Waals surface area contributed by atoms with E-state index in [9.17, 15) is 4.79 Å². The molecule has 4 rings (SSSR count). The molecule has 0 N–H and O–H groups in total. The van der Waals surface area contributed by atoms with E-state index in [0.717, 1.165) is 10.7 Å². The van der Waals surface area contributed by atoms with Gasteiger partial charge in [-0.2, -0.15) is 0 Å². The van der Waals surface area contributed by atoms with Gasteiger partial charge in [-0.05, 0) is 29.6 Å². The van der Waals surface area contributed by atoms with E-state index in [1.54, 1.807) is 6.47 Å². The van der Waals surface area contributed by atoms with Crippen molar-refractivity contribution in [1.82, 2.24) is 0 Å². The molecule has 1 aliphatic carbocycles. The zero-order valence-electron chi connectivity index (χ0n) is 21.6. The summed E-state index contributed by atoms with van der Waals surface area (Å²) in [6.07, 6.45) is 0. The molecule has 4 nitrogen and oxygen atoms in total. The van der Waals surface area contributed by atoms with Crippen LogP contribution in [0.2, 0.25) is 0 Å². The quantitative estimate of drug-likeness (QED) is 0.224. The van der Waals surface area contributed by atoms with Crippen LogP contribution in [-0.4, -0.2) is 25.3 Å². The largest absolute Gasteiger partial charge is 2.00 e. The second-order valence-electron chi connectivity index (χ2n) is 8.09. The summed E-state index contributed by atoms with van der Waals surface area (Å²) in [5.74, 6) is 7.34. The SMILES string of the molecule is C[C]1[C](C)[C](C)[C](C)[C]1C.O=[C-][O][Sn]([c]1ccccc1)([c]1ccccc1)[c]1ccccc1.[C-]#[O+].[C-]#[O+].[Ru+2]. The fourth-order valence-electron chi connectivity index (χ4n) is 4.16. The van der Waals surface area contributed by atoms with Crippen molar-refractivity contribution in [3.8, 4) is 0 Å². The van der Waals surface area contributed by atoms with E-state index < -0.39 is 18.8 Å². The van der Waals surface area contributed by atoms with E-state index in [4.69, 9.17) is 12.4 Å². The molecule has 1 fully saturated rings. The Hall–Kier alpha value is -1.97. The molecule has 1 aliphatic rings. The van der Waals surface area contributed by atoms with Crippen LogP contribution in [0.5, 0.6) is 0 Å². The monoisotopic (exact) mass is 688 g/mol. The summed E-state index contributed by atoms with van der Waals surface area (Å²) in [7, 11) is 0. The molecule has 37 heavy (non-hydrogen) atoms. The van der Waals surface area contributed by atoms with Gasteiger partial charge in [-0.25, -0.2) is 0 Å². The van der Waals surface area contributed by atoms with Gasteiger partial charge in [-0.1, -0.05) is 34.6 Å². The van der Waals surface area contributed by atoms with Crippen molar-refractivity contribution in [2.75, 3.05) is 0 Å². The van der Waals surface area contributed by atoms with E-state index in [0.29, 0.717) is 0 Å². The van der Waals surface area contributed by atoms with Crippen LogP contribution in [0.4, 0.5) is 0 Å². The van der Waals surface area contributed by atoms with Crippen molar-refractivity contribution in [2.45, 2.75) is 34.6 Å². The molecule has 0 aromatic heterocycles. The summed E-state index contributed by atoms with van der Waals surface area (Å²) in [6, 6.07) is 30.1. The Morgan fingerprint density at radius 3 is 0.946 bits per heavy atom. The standard InChI is InChI=1S/C10H15.3C6H5.CO2.2CO.Ru.Sn/c1-6-7(2)9(4)10(5)8(6)3;3*1-2-4-6-5-3-1;2-1-3;2*1-2;;/h1-5H3;3*1-5H;;;;;/q;;;;-2;;;+2;+1. The number of rotatable bonds is 5. The fraction of sp³-hybridized carbons (Fsp3) is 0.161. The summed E-state index contributed by atoms with van der Waals surface area (Å²) >= 11 is -3.80. The average molecular weight is 686 g/mol. The number of carbonyl (C=O) groups excluding carboxylic acids is 1. The Labute approximate surface area is 239 Å². The Balaban J connectivity index is 0.000000730. The zero-order valence-corrected chi connectivity index (χ0v) is 26.2. The molecule has 0 amide bonds. The Kier molecular flexibility index (Phi) is 17.3. The van der Waals surface area contributed by atoms with E-state index >= 15 is 0 Å². The normalized spacial score (nSPS) is 14.3. The van der Waals surface area contributed by atoms with Gasteiger partial charge in [0.25, 0.3) is 0 Å². The zero-order chi connectivity index (χ0) is 27.1. The summed E-state index contributed by atoms with van der Waals surface area (Å²) in [6.45, 7) is 21.7. The number of benzene rings is 3. The molecule has 3 aromatic carbocycles. The third-order valence-corrected chi connectivity index (χ3v) is 17.5. The minimum atomic E-state index is -3.80. The molecular weight excluding hydrogens is 656 g/mol. The summed E-state index contributed by atoms with van der Waals surface area (Å²) in [5.41, 5.74) is 0. The Bertz CT molecular complexity index is 909. The molecule has 0 unspecified atom stereocenters. The van der Waals surface area contributed by atoms with Crippen LogP contribution in [0, 0.1) is 42.9 Å². The molecular formula is C31H30O4RuSn+. The average Bonchev–Trinajstić information content (AvgIpc) is 3.13. The Morgan fingerprint density at radius 2 is 0.757 bits per heavy atom. The predicted molar refractivity (Wildman–Crippen MR) is 143 cm³/mol. The van der Waals surface area contributed by atoms with Gasteiger partial charge in [0.2, 0.25) is 0 Å². The molecule has 3 aromatic rings. The molecule has 6 heteroatoms. The number of hydrogen-bond donors (Lipinski definition) is 0. The van der Waals surface area contributed by atoms with Gasteiger partial charge in [-0.3, -0.25) is 0 Å². The van der Waals surface area contributed by atoms with Gasteiger partial charge in [0.05, 0.1) is 0 Å². The smallest absolute Gasteiger partial charge is 2.00 e. The predicted octanol–water partition coefficient (Wildman–Crippen LogP) is 4.63. The number of hydrogen-bond acceptors (Lipinski definition) is 2. The van der Waals surface area contributed by atoms with Gasteiger partial charge >= 0.3 is 177 Å². The van der Waals surface area contributed by atoms with Gasteiger partial charge in [0, 0.05) is 0 Å². The van der Waals surface area contributed by atoms with Crippen molar-refractivity contribution in [2.24, 2.45) is 0 Å². The minimum Gasteiger partial charge on any atom is 2.00 e. The second-order valence-corrected chi connectivity index (χ2v) is 17.5. The summed E-state index contributed by atoms with van der Waals surface area (Å²) in [4.78, 5) is 11.2. The molecule has 189 valence electrons. The first kappa shape index (κ1) is 35.0. The first-order valence-corrected chi connectivity index (χ1v) is 16.7. The van der Waals surface area contributed by atoms with Crippen molar-refractivity contribution in [3.63, 3.8) is 0 Å². The van der Waals surface area contributed by atoms with Gasteiger partial charge < -0.3 is 0 Å². The fourth-order valence-corrected chi connectivity index (χ4v) is 14.1. The first-order valence-electron chi connectivity index (χ1n) is 11.3. The minimum absolute atomic E-state index is 0. The molecule has 0 spiro atoms. The third kappa shape index (κ3) is 8.52. The maximum Gasteiger partial charge on any atom is 2.00 e. The Morgan fingerprint density at radius 1 is 0.541 bits per heavy atom. The van der Waals surface area contributed by atoms with Crippen molar-refractivity contribution < 1.29 is 36.7 Å². The van der Waals surface area contributed by atoms with Gasteiger partial charge in [-0.15, -0.1) is 0 Å². The van der Waals surface area contributed by atoms with Crippen LogP contribution in [0.15, 0.2) is 91.0 Å². The molecule has 0 saturated heterocycles. The third-order valence-electron chi connectivity index (χ3n) is 6.55. The maximum atomic E-state index is 11.2. The first-order chi connectivity index (χ1) is 17.4. The van der Waals surface area contributed by atoms with Crippen LogP contribution in [0.3, 0.4) is 0 Å². The van der Waals surface area contributed by atoms with Crippen molar-refractivity contribution in [1.29, 1.82) is 0 Å². The molecule has 0 heterocycles. The van der Waals surface area contributed by atoms with E-state index in [2.05, 4.69) is 47.9 Å². The van der Waals surface area contributed by atoms with Crippen LogP contribution in [0.1, 0.15) is 34.6 Å². The maximum absolute atomic E-state index is 11.2. The van der Waals surface area contributed by atoms with Crippen LogP contribution in [0.25, 0.3) is 0 Å². The van der Waals surface area contributed by atoms with Crippen LogP contribution < -0.4 is 10.7 Å². The second kappa shape index (κ2) is 18.3. The van der Waals surface area contributed by atoms with E-state index in [1.165, 1.54) is 29.6 Å². The van der Waals surface area contributed by atoms with Crippen molar-refractivity contribution in [3.05, 3.63) is 134 Å². The van der Waals surface area contributed by atoms with Crippen molar-refractivity contribution >= 4 is 36.0 Å². The van der Waals surface area contributed by atoms with E-state index in [1.807, 2.05) is 91.0 Å².